The Balaban J connectivity index is 2.51. The molecule has 1 rings (SSSR count). The molecule has 0 radical (unpaired) electrons. The van der Waals surface area contributed by atoms with Crippen molar-refractivity contribution in [3.8, 4) is 0 Å². The van der Waals surface area contributed by atoms with Crippen molar-refractivity contribution in [2.24, 2.45) is 0 Å². The van der Waals surface area contributed by atoms with Crippen LogP contribution >= 0.6 is 11.3 Å². The second-order valence-corrected chi connectivity index (χ2v) is 4.39. The van der Waals surface area contributed by atoms with Crippen molar-refractivity contribution in [1.82, 2.24) is 10.3 Å². The lowest BCUT2D eigenvalue weighted by molar-refractivity contribution is 0.604. The number of hydrogen-bond donors (Lipinski definition) is 1. The molecule has 0 aliphatic rings. The van der Waals surface area contributed by atoms with Gasteiger partial charge in [0.1, 0.15) is 0 Å². The van der Waals surface area contributed by atoms with E-state index in [1.165, 1.54) is 16.9 Å². The summed E-state index contributed by atoms with van der Waals surface area (Å²) in [7, 11) is 0. The van der Waals surface area contributed by atoms with Gasteiger partial charge in [0, 0.05) is 17.1 Å². The molecule has 1 N–H and O–H groups in total. The molecular weight excluding hydrogens is 192 g/mol. The summed E-state index contributed by atoms with van der Waals surface area (Å²) < 4.78 is 0. The van der Waals surface area contributed by atoms with Gasteiger partial charge in [-0.05, 0) is 32.9 Å². The van der Waals surface area contributed by atoms with Gasteiger partial charge >= 0.3 is 0 Å². The maximum atomic E-state index is 4.05. The Bertz CT molecular complexity index is 277. The molecule has 0 aliphatic carbocycles. The molecule has 1 aromatic heterocycles. The van der Waals surface area contributed by atoms with Crippen molar-refractivity contribution in [2.75, 3.05) is 6.54 Å². The summed E-state index contributed by atoms with van der Waals surface area (Å²) in [5.74, 6) is 0. The van der Waals surface area contributed by atoms with E-state index in [0.717, 1.165) is 6.54 Å². The van der Waals surface area contributed by atoms with E-state index in [-0.39, 0.29) is 0 Å². The van der Waals surface area contributed by atoms with Crippen LogP contribution in [0.5, 0.6) is 0 Å². The highest BCUT2D eigenvalue weighted by molar-refractivity contribution is 7.10. The Morgan fingerprint density at radius 2 is 2.50 bits per heavy atom. The number of aromatic nitrogens is 1. The summed E-state index contributed by atoms with van der Waals surface area (Å²) in [5, 5.41) is 3.46. The number of nitrogens with one attached hydrogen (secondary N) is 1. The molecule has 3 heteroatoms. The van der Waals surface area contributed by atoms with Crippen LogP contribution in [-0.2, 0) is 0 Å². The van der Waals surface area contributed by atoms with Crippen LogP contribution in [0.15, 0.2) is 17.3 Å². The van der Waals surface area contributed by atoms with Crippen LogP contribution < -0.4 is 5.32 Å². The van der Waals surface area contributed by atoms with Crippen molar-refractivity contribution in [2.45, 2.75) is 33.2 Å². The van der Waals surface area contributed by atoms with Crippen LogP contribution in [-0.4, -0.2) is 17.6 Å². The summed E-state index contributed by atoms with van der Waals surface area (Å²) in [5.41, 5.74) is 3.23. The van der Waals surface area contributed by atoms with Crippen molar-refractivity contribution in [1.29, 1.82) is 0 Å². The smallest absolute Gasteiger partial charge is 0.0797 e. The zero-order chi connectivity index (χ0) is 10.4. The minimum atomic E-state index is 0.456. The zero-order valence-electron chi connectivity index (χ0n) is 9.08. The monoisotopic (exact) mass is 210 g/mol. The molecular formula is C11H18N2S. The van der Waals surface area contributed by atoms with E-state index in [0.29, 0.717) is 6.04 Å². The molecule has 0 amide bonds. The van der Waals surface area contributed by atoms with Crippen LogP contribution in [0.2, 0.25) is 0 Å². The number of thiazole rings is 1. The van der Waals surface area contributed by atoms with Crippen LogP contribution in [0, 0.1) is 0 Å². The first-order valence-electron chi connectivity index (χ1n) is 5.04. The van der Waals surface area contributed by atoms with Gasteiger partial charge in [-0.1, -0.05) is 12.5 Å². The topological polar surface area (TPSA) is 24.9 Å². The third-order valence-corrected chi connectivity index (χ3v) is 2.93. The van der Waals surface area contributed by atoms with Crippen LogP contribution in [0.25, 0.3) is 6.08 Å². The van der Waals surface area contributed by atoms with E-state index in [1.807, 2.05) is 11.7 Å². The fraction of sp³-hybridized carbons (Fsp3) is 0.545. The Kier molecular flexibility index (Phi) is 4.84. The molecule has 0 aromatic carbocycles. The van der Waals surface area contributed by atoms with Gasteiger partial charge in [0.25, 0.3) is 0 Å². The van der Waals surface area contributed by atoms with Gasteiger partial charge in [0.2, 0.25) is 0 Å². The maximum absolute atomic E-state index is 4.05. The first-order chi connectivity index (χ1) is 6.74. The van der Waals surface area contributed by atoms with Gasteiger partial charge in [0.15, 0.2) is 0 Å². The van der Waals surface area contributed by atoms with E-state index in [1.54, 1.807) is 11.3 Å². The van der Waals surface area contributed by atoms with E-state index in [4.69, 9.17) is 0 Å². The first kappa shape index (κ1) is 11.4. The minimum absolute atomic E-state index is 0.456. The highest BCUT2D eigenvalue weighted by atomic mass is 32.1. The Morgan fingerprint density at radius 3 is 3.07 bits per heavy atom. The third kappa shape index (κ3) is 3.60. The molecule has 1 aromatic rings. The quantitative estimate of drug-likeness (QED) is 0.808. The SMILES string of the molecule is CCCNC(C)C(C)=Cc1cncs1. The third-order valence-electron chi connectivity index (χ3n) is 2.20. The predicted molar refractivity (Wildman–Crippen MR) is 63.5 cm³/mol. The van der Waals surface area contributed by atoms with Gasteiger partial charge < -0.3 is 5.32 Å². The van der Waals surface area contributed by atoms with Gasteiger partial charge in [-0.25, -0.2) is 0 Å². The second kappa shape index (κ2) is 5.94. The fourth-order valence-corrected chi connectivity index (χ4v) is 1.79. The maximum Gasteiger partial charge on any atom is 0.0797 e. The highest BCUT2D eigenvalue weighted by Crippen LogP contribution is 2.12. The molecule has 78 valence electrons. The number of hydrogen-bond acceptors (Lipinski definition) is 3. The Morgan fingerprint density at radius 1 is 1.71 bits per heavy atom. The molecule has 14 heavy (non-hydrogen) atoms. The summed E-state index contributed by atoms with van der Waals surface area (Å²) >= 11 is 1.68. The molecule has 1 atom stereocenters. The predicted octanol–water partition coefficient (Wildman–Crippen LogP) is 2.93. The lowest BCUT2D eigenvalue weighted by atomic mass is 10.1. The standard InChI is InChI=1S/C11H18N2S/c1-4-5-13-10(3)9(2)6-11-7-12-8-14-11/h6-8,10,13H,4-5H2,1-3H3. The van der Waals surface area contributed by atoms with Crippen LogP contribution in [0.4, 0.5) is 0 Å². The van der Waals surface area contributed by atoms with Gasteiger partial charge in [0.05, 0.1) is 5.51 Å². The van der Waals surface area contributed by atoms with Gasteiger partial charge in [-0.3, -0.25) is 4.98 Å². The zero-order valence-corrected chi connectivity index (χ0v) is 9.90. The van der Waals surface area contributed by atoms with Crippen molar-refractivity contribution in [3.05, 3.63) is 22.2 Å². The van der Waals surface area contributed by atoms with Crippen molar-refractivity contribution < 1.29 is 0 Å². The number of rotatable bonds is 5. The fourth-order valence-electron chi connectivity index (χ4n) is 1.17. The minimum Gasteiger partial charge on any atom is -0.311 e. The lowest BCUT2D eigenvalue weighted by Crippen LogP contribution is -2.27. The van der Waals surface area contributed by atoms with Gasteiger partial charge in [-0.15, -0.1) is 11.3 Å². The van der Waals surface area contributed by atoms with Crippen molar-refractivity contribution in [3.63, 3.8) is 0 Å². The second-order valence-electron chi connectivity index (χ2n) is 3.47. The highest BCUT2D eigenvalue weighted by Gasteiger charge is 2.02. The average molecular weight is 210 g/mol. The molecule has 0 bridgehead atoms. The first-order valence-corrected chi connectivity index (χ1v) is 5.92. The molecule has 1 heterocycles. The van der Waals surface area contributed by atoms with E-state index < -0.39 is 0 Å². The lowest BCUT2D eigenvalue weighted by Gasteiger charge is -2.13. The van der Waals surface area contributed by atoms with Crippen LogP contribution in [0.3, 0.4) is 0 Å². The molecule has 1 unspecified atom stereocenters. The Labute approximate surface area is 90.1 Å². The summed E-state index contributed by atoms with van der Waals surface area (Å²) in [6.07, 6.45) is 5.28. The molecule has 0 saturated heterocycles. The van der Waals surface area contributed by atoms with Gasteiger partial charge in [-0.2, -0.15) is 0 Å². The van der Waals surface area contributed by atoms with E-state index in [9.17, 15) is 0 Å². The van der Waals surface area contributed by atoms with Crippen LogP contribution in [0.1, 0.15) is 32.1 Å². The van der Waals surface area contributed by atoms with Crippen molar-refractivity contribution >= 4 is 17.4 Å². The molecule has 0 fully saturated rings. The molecule has 0 aliphatic heterocycles. The summed E-state index contributed by atoms with van der Waals surface area (Å²) in [6.45, 7) is 7.62. The summed E-state index contributed by atoms with van der Waals surface area (Å²) in [4.78, 5) is 5.28. The summed E-state index contributed by atoms with van der Waals surface area (Å²) in [6, 6.07) is 0.456. The molecule has 0 saturated carbocycles. The normalized spacial score (nSPS) is 14.4. The van der Waals surface area contributed by atoms with E-state index >= 15 is 0 Å². The largest absolute Gasteiger partial charge is 0.311 e. The molecule has 0 spiro atoms. The van der Waals surface area contributed by atoms with E-state index in [2.05, 4.69) is 37.1 Å². The molecule has 2 nitrogen and oxygen atoms in total. The number of nitrogens with zero attached hydrogens (tertiary/aromatic N) is 1. The Hall–Kier alpha value is -0.670. The average Bonchev–Trinajstić information content (AvgIpc) is 2.66.